The van der Waals surface area contributed by atoms with Gasteiger partial charge in [0.2, 0.25) is 5.78 Å². The van der Waals surface area contributed by atoms with Crippen LogP contribution < -0.4 is 0 Å². The molecule has 94 valence electrons. The summed E-state index contributed by atoms with van der Waals surface area (Å²) >= 11 is 0. The average molecular weight is 258 g/mol. The van der Waals surface area contributed by atoms with E-state index in [1.165, 1.54) is 10.6 Å². The molecule has 0 radical (unpaired) electrons. The molecule has 0 saturated heterocycles. The van der Waals surface area contributed by atoms with E-state index in [2.05, 4.69) is 4.98 Å². The van der Waals surface area contributed by atoms with Gasteiger partial charge in [0.15, 0.2) is 11.5 Å². The number of carbonyl (C=O) groups excluding carboxylic acids is 1. The van der Waals surface area contributed by atoms with Gasteiger partial charge in [0, 0.05) is 24.0 Å². The van der Waals surface area contributed by atoms with Gasteiger partial charge in [-0.15, -0.1) is 0 Å². The number of benzene rings is 1. The molecule has 0 aliphatic carbocycles. The zero-order chi connectivity index (χ0) is 13.4. The maximum atomic E-state index is 13.5. The van der Waals surface area contributed by atoms with Gasteiger partial charge in [-0.05, 0) is 0 Å². The molecule has 1 aromatic carbocycles. The van der Waals surface area contributed by atoms with Gasteiger partial charge in [-0.25, -0.2) is 13.8 Å². The highest BCUT2D eigenvalue weighted by molar-refractivity contribution is 6.07. The van der Waals surface area contributed by atoms with Crippen LogP contribution in [0.1, 0.15) is 16.1 Å². The molecule has 0 saturated carbocycles. The number of nitrogens with zero attached hydrogens (tertiary/aromatic N) is 2. The number of ketones is 1. The number of hydrogen-bond acceptors (Lipinski definition) is 2. The van der Waals surface area contributed by atoms with Crippen molar-refractivity contribution in [1.29, 1.82) is 0 Å². The summed E-state index contributed by atoms with van der Waals surface area (Å²) in [6.07, 6.45) is 2.39. The Hall–Kier alpha value is -2.56. The van der Waals surface area contributed by atoms with E-state index in [1.807, 2.05) is 0 Å². The van der Waals surface area contributed by atoms with Crippen LogP contribution in [0.25, 0.3) is 5.65 Å². The molecule has 0 amide bonds. The minimum atomic E-state index is -0.799. The van der Waals surface area contributed by atoms with E-state index in [0.29, 0.717) is 5.56 Å². The third-order valence-electron chi connectivity index (χ3n) is 2.74. The molecule has 19 heavy (non-hydrogen) atoms. The molecule has 3 aromatic rings. The summed E-state index contributed by atoms with van der Waals surface area (Å²) in [5, 5.41) is 0. The Labute approximate surface area is 107 Å². The molecule has 3 nitrogen and oxygen atoms in total. The van der Waals surface area contributed by atoms with Gasteiger partial charge in [0.05, 0.1) is 0 Å². The number of imidazole rings is 1. The maximum absolute atomic E-state index is 13.5. The molecule has 0 spiro atoms. The van der Waals surface area contributed by atoms with E-state index in [4.69, 9.17) is 0 Å². The van der Waals surface area contributed by atoms with Crippen molar-refractivity contribution >= 4 is 11.4 Å². The average Bonchev–Trinajstić information content (AvgIpc) is 2.83. The highest BCUT2D eigenvalue weighted by Crippen LogP contribution is 2.14. The van der Waals surface area contributed by atoms with Gasteiger partial charge in [-0.3, -0.25) is 4.79 Å². The van der Waals surface area contributed by atoms with Crippen LogP contribution >= 0.6 is 0 Å². The zero-order valence-corrected chi connectivity index (χ0v) is 9.68. The smallest absolute Gasteiger partial charge is 0.212 e. The lowest BCUT2D eigenvalue weighted by molar-refractivity contribution is 0.103. The van der Waals surface area contributed by atoms with Gasteiger partial charge >= 0.3 is 0 Å². The predicted molar refractivity (Wildman–Crippen MR) is 65.0 cm³/mol. The number of pyridine rings is 1. The molecule has 0 fully saturated rings. The lowest BCUT2D eigenvalue weighted by atomic mass is 10.1. The second kappa shape index (κ2) is 4.28. The van der Waals surface area contributed by atoms with Crippen LogP contribution in [-0.2, 0) is 0 Å². The molecule has 0 bridgehead atoms. The second-order valence-electron chi connectivity index (χ2n) is 4.06. The third kappa shape index (κ3) is 1.99. The largest absolute Gasteiger partial charge is 0.301 e. The fourth-order valence-electron chi connectivity index (χ4n) is 1.87. The number of halogens is 2. The van der Waals surface area contributed by atoms with E-state index in [1.54, 1.807) is 30.3 Å². The highest BCUT2D eigenvalue weighted by Gasteiger charge is 2.15. The van der Waals surface area contributed by atoms with Crippen LogP contribution in [-0.4, -0.2) is 15.2 Å². The topological polar surface area (TPSA) is 34.4 Å². The number of fused-ring (bicyclic) bond motifs is 1. The minimum absolute atomic E-state index is 0.0688. The number of rotatable bonds is 2. The molecule has 0 unspecified atom stereocenters. The monoisotopic (exact) mass is 258 g/mol. The molecule has 0 N–H and O–H groups in total. The van der Waals surface area contributed by atoms with E-state index in [0.717, 1.165) is 12.3 Å². The van der Waals surface area contributed by atoms with Crippen LogP contribution in [0.15, 0.2) is 48.8 Å². The minimum Gasteiger partial charge on any atom is -0.301 e. The SMILES string of the molecule is O=C(c1ccccc1)c1cn2cc(F)cc(F)c2n1. The van der Waals surface area contributed by atoms with Crippen LogP contribution in [0, 0.1) is 11.6 Å². The van der Waals surface area contributed by atoms with Crippen LogP contribution in [0.2, 0.25) is 0 Å². The summed E-state index contributed by atoms with van der Waals surface area (Å²) < 4.78 is 27.7. The number of aromatic nitrogens is 2. The normalized spacial score (nSPS) is 10.8. The van der Waals surface area contributed by atoms with Crippen LogP contribution in [0.5, 0.6) is 0 Å². The van der Waals surface area contributed by atoms with Gasteiger partial charge in [-0.1, -0.05) is 30.3 Å². The van der Waals surface area contributed by atoms with E-state index in [9.17, 15) is 13.6 Å². The van der Waals surface area contributed by atoms with E-state index >= 15 is 0 Å². The molecule has 0 atom stereocenters. The van der Waals surface area contributed by atoms with E-state index in [-0.39, 0.29) is 17.1 Å². The molecular formula is C14H8F2N2O. The quantitative estimate of drug-likeness (QED) is 0.662. The first-order valence-electron chi connectivity index (χ1n) is 5.58. The first-order chi connectivity index (χ1) is 9.15. The van der Waals surface area contributed by atoms with Crippen molar-refractivity contribution in [3.05, 3.63) is 71.7 Å². The van der Waals surface area contributed by atoms with Gasteiger partial charge < -0.3 is 4.40 Å². The van der Waals surface area contributed by atoms with Crippen molar-refractivity contribution < 1.29 is 13.6 Å². The summed E-state index contributed by atoms with van der Waals surface area (Å²) in [4.78, 5) is 16.0. The fourth-order valence-corrected chi connectivity index (χ4v) is 1.87. The summed E-state index contributed by atoms with van der Waals surface area (Å²) in [7, 11) is 0. The van der Waals surface area contributed by atoms with Gasteiger partial charge in [-0.2, -0.15) is 0 Å². The van der Waals surface area contributed by atoms with Crippen molar-refractivity contribution in [2.75, 3.05) is 0 Å². The predicted octanol–water partition coefficient (Wildman–Crippen LogP) is 2.84. The summed E-state index contributed by atoms with van der Waals surface area (Å²) in [6.45, 7) is 0. The summed E-state index contributed by atoms with van der Waals surface area (Å²) in [5.41, 5.74) is 0.461. The third-order valence-corrected chi connectivity index (χ3v) is 2.74. The molecule has 0 aliphatic rings. The number of hydrogen-bond donors (Lipinski definition) is 0. The lowest BCUT2D eigenvalue weighted by Crippen LogP contribution is -2.00. The van der Waals surface area contributed by atoms with Crippen molar-refractivity contribution in [2.24, 2.45) is 0 Å². The maximum Gasteiger partial charge on any atom is 0.212 e. The number of carbonyl (C=O) groups is 1. The lowest BCUT2D eigenvalue weighted by Gasteiger charge is -1.94. The summed E-state index contributed by atoms with van der Waals surface area (Å²) in [6, 6.07) is 9.26. The first-order valence-corrected chi connectivity index (χ1v) is 5.58. The second-order valence-corrected chi connectivity index (χ2v) is 4.06. The summed E-state index contributed by atoms with van der Waals surface area (Å²) in [5.74, 6) is -1.85. The van der Waals surface area contributed by atoms with Crippen LogP contribution in [0.3, 0.4) is 0 Å². The highest BCUT2D eigenvalue weighted by atomic mass is 19.1. The Morgan fingerprint density at radius 3 is 2.58 bits per heavy atom. The Kier molecular flexibility index (Phi) is 2.59. The zero-order valence-electron chi connectivity index (χ0n) is 9.68. The molecule has 3 rings (SSSR count). The Morgan fingerprint density at radius 1 is 1.11 bits per heavy atom. The first kappa shape index (κ1) is 11.5. The molecule has 0 aliphatic heterocycles. The standard InChI is InChI=1S/C14H8F2N2O/c15-10-6-11(16)14-17-12(8-18(14)7-10)13(19)9-4-2-1-3-5-9/h1-8H. The molecule has 2 aromatic heterocycles. The van der Waals surface area contributed by atoms with E-state index < -0.39 is 11.6 Å². The van der Waals surface area contributed by atoms with Crippen molar-refractivity contribution in [3.63, 3.8) is 0 Å². The fraction of sp³-hybridized carbons (Fsp3) is 0. The van der Waals surface area contributed by atoms with Crippen molar-refractivity contribution in [2.45, 2.75) is 0 Å². The van der Waals surface area contributed by atoms with Crippen molar-refractivity contribution in [1.82, 2.24) is 9.38 Å². The molecule has 5 heteroatoms. The molecule has 2 heterocycles. The Bertz CT molecular complexity index is 766. The Balaban J connectivity index is 2.12. The van der Waals surface area contributed by atoms with Gasteiger partial charge in [0.25, 0.3) is 0 Å². The van der Waals surface area contributed by atoms with Crippen molar-refractivity contribution in [3.8, 4) is 0 Å². The molecular weight excluding hydrogens is 250 g/mol. The van der Waals surface area contributed by atoms with Crippen LogP contribution in [0.4, 0.5) is 8.78 Å². The Morgan fingerprint density at radius 2 is 1.84 bits per heavy atom. The van der Waals surface area contributed by atoms with Gasteiger partial charge in [0.1, 0.15) is 11.5 Å².